The van der Waals surface area contributed by atoms with Gasteiger partial charge in [0.25, 0.3) is 0 Å². The Kier molecular flexibility index (Phi) is 5.04. The highest BCUT2D eigenvalue weighted by molar-refractivity contribution is 7.16. The number of anilines is 2. The van der Waals surface area contributed by atoms with Crippen molar-refractivity contribution in [1.29, 1.82) is 0 Å². The van der Waals surface area contributed by atoms with Gasteiger partial charge in [0.1, 0.15) is 0 Å². The van der Waals surface area contributed by atoms with Crippen molar-refractivity contribution in [1.82, 2.24) is 0 Å². The molecule has 0 aliphatic heterocycles. The molecule has 2 rings (SSSR count). The minimum absolute atomic E-state index is 0.0205. The van der Waals surface area contributed by atoms with Crippen molar-refractivity contribution in [2.75, 3.05) is 10.6 Å². The van der Waals surface area contributed by atoms with Crippen LogP contribution in [-0.4, -0.2) is 5.91 Å². The third kappa shape index (κ3) is 4.25. The van der Waals surface area contributed by atoms with Gasteiger partial charge in [-0.3, -0.25) is 4.79 Å². The number of nitrogens with one attached hydrogen (secondary N) is 2. The van der Waals surface area contributed by atoms with Crippen LogP contribution in [0.3, 0.4) is 0 Å². The van der Waals surface area contributed by atoms with Crippen LogP contribution in [0.2, 0.25) is 4.34 Å². The van der Waals surface area contributed by atoms with Crippen LogP contribution in [0, 0.1) is 5.92 Å². The summed E-state index contributed by atoms with van der Waals surface area (Å²) in [6.45, 7) is 4.47. The fourth-order valence-electron chi connectivity index (χ4n) is 1.63. The maximum absolute atomic E-state index is 11.7. The Morgan fingerprint density at radius 2 is 2.00 bits per heavy atom. The molecule has 1 amide bonds. The second-order valence-electron chi connectivity index (χ2n) is 4.78. The van der Waals surface area contributed by atoms with Crippen molar-refractivity contribution in [3.63, 3.8) is 0 Å². The molecule has 0 aliphatic carbocycles. The molecule has 2 N–H and O–H groups in total. The van der Waals surface area contributed by atoms with Gasteiger partial charge in [0, 0.05) is 28.7 Å². The lowest BCUT2D eigenvalue weighted by Crippen LogP contribution is -2.17. The minimum Gasteiger partial charge on any atom is -0.380 e. The fourth-order valence-corrected chi connectivity index (χ4v) is 2.66. The summed E-state index contributed by atoms with van der Waals surface area (Å²) in [5.74, 6) is -0.00735. The minimum atomic E-state index is -0.0279. The van der Waals surface area contributed by atoms with Gasteiger partial charge in [-0.25, -0.2) is 0 Å². The zero-order valence-electron chi connectivity index (χ0n) is 11.4. The zero-order chi connectivity index (χ0) is 14.5. The second kappa shape index (κ2) is 6.77. The number of hydrogen-bond acceptors (Lipinski definition) is 3. The summed E-state index contributed by atoms with van der Waals surface area (Å²) in [7, 11) is 0. The number of carbonyl (C=O) groups is 1. The summed E-state index contributed by atoms with van der Waals surface area (Å²) in [6, 6.07) is 11.6. The molecular formula is C15H17ClN2OS. The Balaban J connectivity index is 1.97. The molecule has 106 valence electrons. The molecule has 3 nitrogen and oxygen atoms in total. The topological polar surface area (TPSA) is 41.1 Å². The standard InChI is InChI=1S/C15H17ClN2OS/c1-10(2)15(19)18-12-5-3-4-11(8-12)17-9-13-6-7-14(16)20-13/h3-8,10,17H,9H2,1-2H3,(H,18,19). The molecule has 1 aromatic heterocycles. The Morgan fingerprint density at radius 1 is 1.25 bits per heavy atom. The van der Waals surface area contributed by atoms with Crippen LogP contribution >= 0.6 is 22.9 Å². The lowest BCUT2D eigenvalue weighted by molar-refractivity contribution is -0.118. The van der Waals surface area contributed by atoms with Crippen LogP contribution in [-0.2, 0) is 11.3 Å². The van der Waals surface area contributed by atoms with E-state index in [-0.39, 0.29) is 11.8 Å². The van der Waals surface area contributed by atoms with Crippen molar-refractivity contribution < 1.29 is 4.79 Å². The third-order valence-corrected chi connectivity index (χ3v) is 3.98. The van der Waals surface area contributed by atoms with Crippen molar-refractivity contribution in [2.45, 2.75) is 20.4 Å². The lowest BCUT2D eigenvalue weighted by Gasteiger charge is -2.10. The molecule has 0 atom stereocenters. The van der Waals surface area contributed by atoms with Crippen LogP contribution in [0.5, 0.6) is 0 Å². The first-order valence-corrected chi connectivity index (χ1v) is 7.63. The number of hydrogen-bond donors (Lipinski definition) is 2. The molecule has 1 heterocycles. The van der Waals surface area contributed by atoms with Crippen LogP contribution in [0.4, 0.5) is 11.4 Å². The summed E-state index contributed by atoms with van der Waals surface area (Å²) in [4.78, 5) is 12.8. The molecule has 0 bridgehead atoms. The van der Waals surface area contributed by atoms with E-state index in [0.717, 1.165) is 22.3 Å². The van der Waals surface area contributed by atoms with Crippen molar-refractivity contribution >= 4 is 40.2 Å². The first-order chi connectivity index (χ1) is 9.54. The average Bonchev–Trinajstić information content (AvgIpc) is 2.82. The summed E-state index contributed by atoms with van der Waals surface area (Å²) >= 11 is 7.46. The molecule has 0 fully saturated rings. The predicted octanol–water partition coefficient (Wildman–Crippen LogP) is 4.61. The van der Waals surface area contributed by atoms with Crippen LogP contribution in [0.25, 0.3) is 0 Å². The Bertz CT molecular complexity index is 595. The molecule has 20 heavy (non-hydrogen) atoms. The number of rotatable bonds is 5. The van der Waals surface area contributed by atoms with E-state index in [0.29, 0.717) is 0 Å². The molecule has 0 unspecified atom stereocenters. The Labute approximate surface area is 128 Å². The molecule has 1 aromatic carbocycles. The van der Waals surface area contributed by atoms with Gasteiger partial charge in [0.2, 0.25) is 5.91 Å². The normalized spacial score (nSPS) is 10.6. The summed E-state index contributed by atoms with van der Waals surface area (Å²) in [5, 5.41) is 6.20. The predicted molar refractivity (Wildman–Crippen MR) is 86.6 cm³/mol. The van der Waals surface area contributed by atoms with E-state index in [1.807, 2.05) is 50.2 Å². The number of thiophene rings is 1. The highest BCUT2D eigenvalue weighted by atomic mass is 35.5. The molecule has 0 radical (unpaired) electrons. The maximum atomic E-state index is 11.7. The molecule has 0 saturated heterocycles. The summed E-state index contributed by atoms with van der Waals surface area (Å²) in [6.07, 6.45) is 0. The van der Waals surface area contributed by atoms with E-state index in [1.54, 1.807) is 11.3 Å². The van der Waals surface area contributed by atoms with Gasteiger partial charge in [-0.15, -0.1) is 11.3 Å². The average molecular weight is 309 g/mol. The van der Waals surface area contributed by atoms with Crippen molar-refractivity contribution in [2.24, 2.45) is 5.92 Å². The first kappa shape index (κ1) is 14.9. The SMILES string of the molecule is CC(C)C(=O)Nc1cccc(NCc2ccc(Cl)s2)c1. The molecular weight excluding hydrogens is 292 g/mol. The largest absolute Gasteiger partial charge is 0.380 e. The summed E-state index contributed by atoms with van der Waals surface area (Å²) < 4.78 is 0.791. The summed E-state index contributed by atoms with van der Waals surface area (Å²) in [5.41, 5.74) is 1.77. The van der Waals surface area contributed by atoms with Crippen LogP contribution in [0.15, 0.2) is 36.4 Å². The number of benzene rings is 1. The second-order valence-corrected chi connectivity index (χ2v) is 6.58. The molecule has 0 aliphatic rings. The Morgan fingerprint density at radius 3 is 2.65 bits per heavy atom. The van der Waals surface area contributed by atoms with Crippen molar-refractivity contribution in [3.8, 4) is 0 Å². The lowest BCUT2D eigenvalue weighted by atomic mass is 10.2. The number of carbonyl (C=O) groups excluding carboxylic acids is 1. The van der Waals surface area contributed by atoms with Gasteiger partial charge in [-0.05, 0) is 30.3 Å². The maximum Gasteiger partial charge on any atom is 0.226 e. The van der Waals surface area contributed by atoms with E-state index in [2.05, 4.69) is 10.6 Å². The monoisotopic (exact) mass is 308 g/mol. The highest BCUT2D eigenvalue weighted by Gasteiger charge is 2.07. The van der Waals surface area contributed by atoms with E-state index in [1.165, 1.54) is 4.88 Å². The highest BCUT2D eigenvalue weighted by Crippen LogP contribution is 2.23. The van der Waals surface area contributed by atoms with Gasteiger partial charge in [0.15, 0.2) is 0 Å². The molecule has 0 spiro atoms. The van der Waals surface area contributed by atoms with E-state index >= 15 is 0 Å². The number of amides is 1. The first-order valence-electron chi connectivity index (χ1n) is 6.43. The van der Waals surface area contributed by atoms with Gasteiger partial charge in [-0.2, -0.15) is 0 Å². The van der Waals surface area contributed by atoms with E-state index < -0.39 is 0 Å². The zero-order valence-corrected chi connectivity index (χ0v) is 13.0. The fraction of sp³-hybridized carbons (Fsp3) is 0.267. The van der Waals surface area contributed by atoms with E-state index in [9.17, 15) is 4.79 Å². The molecule has 0 saturated carbocycles. The Hall–Kier alpha value is -1.52. The molecule has 5 heteroatoms. The molecule has 2 aromatic rings. The van der Waals surface area contributed by atoms with Gasteiger partial charge >= 0.3 is 0 Å². The van der Waals surface area contributed by atoms with Gasteiger partial charge < -0.3 is 10.6 Å². The van der Waals surface area contributed by atoms with Gasteiger partial charge in [0.05, 0.1) is 4.34 Å². The van der Waals surface area contributed by atoms with Crippen molar-refractivity contribution in [3.05, 3.63) is 45.6 Å². The van der Waals surface area contributed by atoms with Crippen LogP contribution < -0.4 is 10.6 Å². The third-order valence-electron chi connectivity index (χ3n) is 2.75. The van der Waals surface area contributed by atoms with Gasteiger partial charge in [-0.1, -0.05) is 31.5 Å². The quantitative estimate of drug-likeness (QED) is 0.847. The smallest absolute Gasteiger partial charge is 0.226 e. The van der Waals surface area contributed by atoms with Crippen LogP contribution in [0.1, 0.15) is 18.7 Å². The number of halogens is 1. The van der Waals surface area contributed by atoms with E-state index in [4.69, 9.17) is 11.6 Å².